The number of aromatic nitrogens is 2. The standard InChI is InChI=1S/C18H22N6O4S/c19-17-16-13(22-29(26,27)23-17)4-1-5-15(16)28-10-12-3-2-8-24(9-12)18(25)14-6-7-20-11-21-14/h1,4-7,11-12,22,26-27H,2-3,8-10H2,(H2,19,23)/t12-/m0/s1. The lowest BCUT2D eigenvalue weighted by molar-refractivity contribution is 0.0627. The molecule has 0 saturated carbocycles. The lowest BCUT2D eigenvalue weighted by Crippen LogP contribution is -2.42. The third-order valence-electron chi connectivity index (χ3n) is 4.84. The molecule has 1 amide bonds. The number of carbonyl (C=O) groups is 1. The number of amidine groups is 1. The van der Waals surface area contributed by atoms with Gasteiger partial charge in [-0.3, -0.25) is 18.6 Å². The van der Waals surface area contributed by atoms with Crippen molar-refractivity contribution < 1.29 is 18.6 Å². The Balaban J connectivity index is 1.43. The van der Waals surface area contributed by atoms with Crippen LogP contribution in [0.15, 0.2) is 41.2 Å². The van der Waals surface area contributed by atoms with E-state index >= 15 is 0 Å². The Kier molecular flexibility index (Phi) is 5.26. The Morgan fingerprint density at radius 2 is 2.24 bits per heavy atom. The Hall–Kier alpha value is -2.89. The second-order valence-electron chi connectivity index (χ2n) is 6.94. The Bertz CT molecular complexity index is 939. The number of piperidine rings is 1. The van der Waals surface area contributed by atoms with Crippen molar-refractivity contribution in [1.82, 2.24) is 14.9 Å². The van der Waals surface area contributed by atoms with Crippen molar-refractivity contribution in [3.8, 4) is 5.75 Å². The molecule has 29 heavy (non-hydrogen) atoms. The van der Waals surface area contributed by atoms with Crippen LogP contribution in [0.25, 0.3) is 0 Å². The Labute approximate surface area is 169 Å². The van der Waals surface area contributed by atoms with Crippen LogP contribution in [0.1, 0.15) is 28.9 Å². The van der Waals surface area contributed by atoms with Crippen molar-refractivity contribution in [3.05, 3.63) is 48.0 Å². The third-order valence-corrected chi connectivity index (χ3v) is 5.78. The molecule has 0 unspecified atom stereocenters. The van der Waals surface area contributed by atoms with E-state index in [1.807, 2.05) is 0 Å². The summed E-state index contributed by atoms with van der Waals surface area (Å²) < 4.78 is 31.8. The largest absolute Gasteiger partial charge is 0.492 e. The monoisotopic (exact) mass is 418 g/mol. The number of anilines is 1. The summed E-state index contributed by atoms with van der Waals surface area (Å²) in [6.45, 7) is 1.65. The number of ether oxygens (including phenoxy) is 1. The van der Waals surface area contributed by atoms with Crippen LogP contribution in [0.3, 0.4) is 0 Å². The molecule has 11 heteroatoms. The van der Waals surface area contributed by atoms with Crippen LogP contribution >= 0.6 is 11.0 Å². The molecule has 2 aliphatic rings. The fourth-order valence-electron chi connectivity index (χ4n) is 3.53. The fraction of sp³-hybridized carbons (Fsp3) is 0.333. The molecule has 5 N–H and O–H groups in total. The van der Waals surface area contributed by atoms with Gasteiger partial charge in [0.15, 0.2) is 5.84 Å². The molecule has 1 atom stereocenters. The predicted molar refractivity (Wildman–Crippen MR) is 110 cm³/mol. The van der Waals surface area contributed by atoms with Crippen LogP contribution in [0, 0.1) is 5.92 Å². The van der Waals surface area contributed by atoms with E-state index in [4.69, 9.17) is 10.5 Å². The second-order valence-corrected chi connectivity index (χ2v) is 8.37. The number of benzene rings is 1. The van der Waals surface area contributed by atoms with Gasteiger partial charge in [0.25, 0.3) is 5.91 Å². The number of nitrogens with one attached hydrogen (secondary N) is 1. The van der Waals surface area contributed by atoms with Gasteiger partial charge < -0.3 is 15.4 Å². The van der Waals surface area contributed by atoms with Gasteiger partial charge >= 0.3 is 0 Å². The zero-order valence-electron chi connectivity index (χ0n) is 15.6. The van der Waals surface area contributed by atoms with Crippen molar-refractivity contribution in [2.24, 2.45) is 16.0 Å². The summed E-state index contributed by atoms with van der Waals surface area (Å²) in [6.07, 6.45) is 4.73. The van der Waals surface area contributed by atoms with Crippen LogP contribution in [0.2, 0.25) is 0 Å². The average Bonchev–Trinajstić information content (AvgIpc) is 2.71. The fourth-order valence-corrected chi connectivity index (χ4v) is 4.40. The predicted octanol–water partition coefficient (Wildman–Crippen LogP) is 2.12. The van der Waals surface area contributed by atoms with Crippen molar-refractivity contribution in [2.75, 3.05) is 24.4 Å². The molecule has 0 aliphatic carbocycles. The molecule has 4 rings (SSSR count). The summed E-state index contributed by atoms with van der Waals surface area (Å²) in [5.74, 6) is 0.560. The summed E-state index contributed by atoms with van der Waals surface area (Å²) in [4.78, 5) is 22.3. The first kappa shape index (κ1) is 19.4. The molecule has 10 nitrogen and oxygen atoms in total. The molecule has 3 heterocycles. The van der Waals surface area contributed by atoms with E-state index in [-0.39, 0.29) is 17.7 Å². The van der Waals surface area contributed by atoms with Crippen LogP contribution in [0.5, 0.6) is 5.75 Å². The maximum absolute atomic E-state index is 12.6. The lowest BCUT2D eigenvalue weighted by atomic mass is 9.98. The number of hydrogen-bond acceptors (Lipinski definition) is 9. The molecule has 1 aromatic carbocycles. The first-order valence-electron chi connectivity index (χ1n) is 9.16. The molecule has 0 bridgehead atoms. The van der Waals surface area contributed by atoms with E-state index in [2.05, 4.69) is 19.1 Å². The van der Waals surface area contributed by atoms with E-state index in [0.29, 0.717) is 42.4 Å². The van der Waals surface area contributed by atoms with Crippen LogP contribution in [-0.2, 0) is 0 Å². The van der Waals surface area contributed by atoms with Crippen molar-refractivity contribution in [1.29, 1.82) is 0 Å². The Morgan fingerprint density at radius 3 is 3.03 bits per heavy atom. The second kappa shape index (κ2) is 7.85. The number of nitrogens with zero attached hydrogens (tertiary/aromatic N) is 4. The molecular formula is C18H22N6O4S. The summed E-state index contributed by atoms with van der Waals surface area (Å²) in [6, 6.07) is 6.78. The van der Waals surface area contributed by atoms with E-state index < -0.39 is 11.0 Å². The van der Waals surface area contributed by atoms with Gasteiger partial charge in [-0.15, -0.1) is 4.40 Å². The van der Waals surface area contributed by atoms with Crippen LogP contribution < -0.4 is 15.2 Å². The molecule has 154 valence electrons. The van der Waals surface area contributed by atoms with Crippen molar-refractivity contribution in [2.45, 2.75) is 12.8 Å². The first-order valence-corrected chi connectivity index (χ1v) is 10.7. The average molecular weight is 418 g/mol. The highest BCUT2D eigenvalue weighted by atomic mass is 32.3. The topological polar surface area (TPSA) is 146 Å². The smallest absolute Gasteiger partial charge is 0.272 e. The third kappa shape index (κ3) is 4.26. The van der Waals surface area contributed by atoms with E-state index in [1.54, 1.807) is 35.4 Å². The molecule has 2 aliphatic heterocycles. The number of nitrogens with two attached hydrogens (primary N) is 1. The van der Waals surface area contributed by atoms with E-state index in [9.17, 15) is 13.9 Å². The number of likely N-dealkylation sites (tertiary alicyclic amines) is 1. The number of fused-ring (bicyclic) bond motifs is 1. The quantitative estimate of drug-likeness (QED) is 0.590. The normalized spacial score (nSPS) is 21.4. The van der Waals surface area contributed by atoms with E-state index in [1.165, 1.54) is 6.33 Å². The van der Waals surface area contributed by atoms with Gasteiger partial charge in [0.2, 0.25) is 0 Å². The minimum Gasteiger partial charge on any atom is -0.492 e. The molecule has 2 aromatic rings. The van der Waals surface area contributed by atoms with Crippen LogP contribution in [-0.4, -0.2) is 55.4 Å². The summed E-state index contributed by atoms with van der Waals surface area (Å²) in [7, 11) is -3.34. The maximum atomic E-state index is 12.6. The summed E-state index contributed by atoms with van der Waals surface area (Å²) in [5, 5.41) is 0. The molecule has 0 radical (unpaired) electrons. The highest BCUT2D eigenvalue weighted by molar-refractivity contribution is 8.24. The number of hydrogen-bond donors (Lipinski definition) is 4. The maximum Gasteiger partial charge on any atom is 0.272 e. The van der Waals surface area contributed by atoms with Gasteiger partial charge in [0.1, 0.15) is 17.8 Å². The highest BCUT2D eigenvalue weighted by Crippen LogP contribution is 2.46. The van der Waals surface area contributed by atoms with Gasteiger partial charge in [-0.05, 0) is 42.0 Å². The number of rotatable bonds is 4. The van der Waals surface area contributed by atoms with Crippen LogP contribution in [0.4, 0.5) is 5.69 Å². The molecule has 1 aromatic heterocycles. The van der Waals surface area contributed by atoms with Gasteiger partial charge in [-0.1, -0.05) is 6.07 Å². The van der Waals surface area contributed by atoms with Crippen molar-refractivity contribution in [3.63, 3.8) is 0 Å². The van der Waals surface area contributed by atoms with Gasteiger partial charge in [-0.25, -0.2) is 9.97 Å². The summed E-state index contributed by atoms with van der Waals surface area (Å²) >= 11 is 0. The molecule has 1 saturated heterocycles. The van der Waals surface area contributed by atoms with E-state index in [0.717, 1.165) is 12.8 Å². The first-order chi connectivity index (χ1) is 13.9. The van der Waals surface area contributed by atoms with Crippen molar-refractivity contribution >= 4 is 28.4 Å². The minimum atomic E-state index is -3.34. The SMILES string of the molecule is NC1=NS(O)(O)Nc2cccc(OC[C@H]3CCCN(C(=O)c4ccncn4)C3)c21. The van der Waals surface area contributed by atoms with Gasteiger partial charge in [0, 0.05) is 25.2 Å². The zero-order valence-corrected chi connectivity index (χ0v) is 16.4. The van der Waals surface area contributed by atoms with Gasteiger partial charge in [0.05, 0.1) is 17.9 Å². The number of carbonyl (C=O) groups excluding carboxylic acids is 1. The molecular weight excluding hydrogens is 396 g/mol. The summed E-state index contributed by atoms with van der Waals surface area (Å²) in [5.41, 5.74) is 7.27. The zero-order chi connectivity index (χ0) is 20.4. The molecule has 0 spiro atoms. The lowest BCUT2D eigenvalue weighted by Gasteiger charge is -2.34. The highest BCUT2D eigenvalue weighted by Gasteiger charge is 2.28. The molecule has 1 fully saturated rings. The number of amides is 1. The minimum absolute atomic E-state index is 0.0126. The van der Waals surface area contributed by atoms with Gasteiger partial charge in [-0.2, -0.15) is 0 Å². The Morgan fingerprint density at radius 1 is 1.38 bits per heavy atom.